The number of amides is 1. The lowest BCUT2D eigenvalue weighted by molar-refractivity contribution is 0.00699. The number of aryl methyl sites for hydroxylation is 1. The predicted molar refractivity (Wildman–Crippen MR) is 137 cm³/mol. The molecule has 9 nitrogen and oxygen atoms in total. The van der Waals surface area contributed by atoms with E-state index in [1.807, 2.05) is 11.8 Å². The van der Waals surface area contributed by atoms with Crippen molar-refractivity contribution in [2.75, 3.05) is 44.2 Å². The molecule has 0 radical (unpaired) electrons. The number of hydrogen-bond donors (Lipinski definition) is 2. The SMILES string of the molecule is CCc1cc2ncc(CN3CCN(c4ccc(C(=O)NN5CCC(F)(F)C5)nc4Cl)CC3)c(F)c2[nH]c1=O. The van der Waals surface area contributed by atoms with Gasteiger partial charge in [-0.25, -0.2) is 23.2 Å². The van der Waals surface area contributed by atoms with Crippen LogP contribution in [0.25, 0.3) is 11.0 Å². The number of fused-ring (bicyclic) bond motifs is 1. The Bertz CT molecular complexity index is 1430. The largest absolute Gasteiger partial charge is 0.366 e. The first-order valence-electron chi connectivity index (χ1n) is 12.4. The first-order chi connectivity index (χ1) is 18.1. The third-order valence-corrected chi connectivity index (χ3v) is 7.22. The number of nitrogens with zero attached hydrogens (tertiary/aromatic N) is 5. The van der Waals surface area contributed by atoms with Crippen molar-refractivity contribution < 1.29 is 18.0 Å². The summed E-state index contributed by atoms with van der Waals surface area (Å²) in [5, 5.41) is 1.32. The fourth-order valence-corrected chi connectivity index (χ4v) is 5.05. The lowest BCUT2D eigenvalue weighted by Gasteiger charge is -2.36. The van der Waals surface area contributed by atoms with Crippen LogP contribution in [0.1, 0.15) is 35.0 Å². The zero-order valence-electron chi connectivity index (χ0n) is 20.7. The van der Waals surface area contributed by atoms with Crippen LogP contribution in [0.5, 0.6) is 0 Å². The van der Waals surface area contributed by atoms with E-state index in [4.69, 9.17) is 11.6 Å². The van der Waals surface area contributed by atoms with Gasteiger partial charge in [0.2, 0.25) is 0 Å². The van der Waals surface area contributed by atoms with Crippen LogP contribution in [0, 0.1) is 5.82 Å². The average molecular weight is 550 g/mol. The molecule has 2 aliphatic heterocycles. The minimum Gasteiger partial charge on any atom is -0.366 e. The van der Waals surface area contributed by atoms with Crippen molar-refractivity contribution in [1.29, 1.82) is 0 Å². The number of nitrogens with one attached hydrogen (secondary N) is 2. The Morgan fingerprint density at radius 3 is 2.61 bits per heavy atom. The van der Waals surface area contributed by atoms with Crippen molar-refractivity contribution in [3.8, 4) is 0 Å². The van der Waals surface area contributed by atoms with Gasteiger partial charge in [-0.2, -0.15) is 0 Å². The molecule has 1 amide bonds. The molecule has 13 heteroatoms. The van der Waals surface area contributed by atoms with Gasteiger partial charge in [-0.1, -0.05) is 18.5 Å². The van der Waals surface area contributed by atoms with Gasteiger partial charge in [-0.3, -0.25) is 24.9 Å². The summed E-state index contributed by atoms with van der Waals surface area (Å²) in [5.41, 5.74) is 4.33. The molecule has 0 aromatic carbocycles. The van der Waals surface area contributed by atoms with E-state index >= 15 is 4.39 Å². The zero-order valence-corrected chi connectivity index (χ0v) is 21.5. The van der Waals surface area contributed by atoms with Gasteiger partial charge in [0.25, 0.3) is 17.4 Å². The highest BCUT2D eigenvalue weighted by atomic mass is 35.5. The molecule has 2 saturated heterocycles. The molecule has 0 unspecified atom stereocenters. The molecular formula is C25H27ClF3N7O2. The van der Waals surface area contributed by atoms with Gasteiger partial charge in [0, 0.05) is 63.0 Å². The minimum absolute atomic E-state index is 0.0379. The maximum atomic E-state index is 15.2. The molecule has 0 saturated carbocycles. The van der Waals surface area contributed by atoms with E-state index in [1.54, 1.807) is 12.1 Å². The maximum Gasteiger partial charge on any atom is 0.284 e. The second kappa shape index (κ2) is 10.5. The summed E-state index contributed by atoms with van der Waals surface area (Å²) < 4.78 is 41.9. The van der Waals surface area contributed by atoms with Crippen LogP contribution in [0.2, 0.25) is 5.15 Å². The second-order valence-corrected chi connectivity index (χ2v) is 9.93. The third-order valence-electron chi connectivity index (χ3n) is 6.94. The van der Waals surface area contributed by atoms with Crippen LogP contribution >= 0.6 is 11.6 Å². The monoisotopic (exact) mass is 549 g/mol. The molecule has 0 atom stereocenters. The van der Waals surface area contributed by atoms with Crippen LogP contribution in [0.15, 0.2) is 29.2 Å². The number of aromatic nitrogens is 3. The van der Waals surface area contributed by atoms with E-state index in [1.165, 1.54) is 17.3 Å². The maximum absolute atomic E-state index is 15.2. The van der Waals surface area contributed by atoms with Crippen LogP contribution < -0.4 is 15.9 Å². The summed E-state index contributed by atoms with van der Waals surface area (Å²) >= 11 is 6.38. The van der Waals surface area contributed by atoms with Crippen LogP contribution in [-0.2, 0) is 13.0 Å². The molecule has 3 aromatic rings. The van der Waals surface area contributed by atoms with E-state index < -0.39 is 24.2 Å². The van der Waals surface area contributed by atoms with E-state index in [0.717, 1.165) is 0 Å². The summed E-state index contributed by atoms with van der Waals surface area (Å²) in [5.74, 6) is -3.89. The van der Waals surface area contributed by atoms with Crippen molar-refractivity contribution in [1.82, 2.24) is 30.3 Å². The van der Waals surface area contributed by atoms with Gasteiger partial charge in [0.05, 0.1) is 17.7 Å². The van der Waals surface area contributed by atoms with Crippen molar-refractivity contribution in [2.45, 2.75) is 32.2 Å². The van der Waals surface area contributed by atoms with Gasteiger partial charge < -0.3 is 9.88 Å². The molecule has 202 valence electrons. The summed E-state index contributed by atoms with van der Waals surface area (Å²) in [6.07, 6.45) is 1.74. The lowest BCUT2D eigenvalue weighted by Crippen LogP contribution is -2.46. The Kier molecular flexibility index (Phi) is 7.30. The molecule has 2 aliphatic rings. The Labute approximate surface area is 221 Å². The van der Waals surface area contributed by atoms with Crippen molar-refractivity contribution in [3.63, 3.8) is 0 Å². The lowest BCUT2D eigenvalue weighted by atomic mass is 10.1. The number of aromatic amines is 1. The fourth-order valence-electron chi connectivity index (χ4n) is 4.78. The first-order valence-corrected chi connectivity index (χ1v) is 12.8. The normalized spacial score (nSPS) is 18.3. The smallest absolute Gasteiger partial charge is 0.284 e. The second-order valence-electron chi connectivity index (χ2n) is 9.57. The molecule has 3 aromatic heterocycles. The number of anilines is 1. The zero-order chi connectivity index (χ0) is 27.0. The highest BCUT2D eigenvalue weighted by Gasteiger charge is 2.39. The molecule has 0 bridgehead atoms. The number of halogens is 4. The van der Waals surface area contributed by atoms with Crippen molar-refractivity contribution in [2.24, 2.45) is 0 Å². The summed E-state index contributed by atoms with van der Waals surface area (Å²) in [6.45, 7) is 4.13. The fraction of sp³-hybridized carbons (Fsp3) is 0.440. The van der Waals surface area contributed by atoms with Crippen molar-refractivity contribution >= 4 is 34.2 Å². The summed E-state index contributed by atoms with van der Waals surface area (Å²) in [6, 6.07) is 4.82. The number of carbonyl (C=O) groups is 1. The average Bonchev–Trinajstić information content (AvgIpc) is 3.24. The highest BCUT2D eigenvalue weighted by molar-refractivity contribution is 6.32. The van der Waals surface area contributed by atoms with Gasteiger partial charge in [-0.05, 0) is 24.6 Å². The molecule has 5 heterocycles. The number of hydrogen-bond acceptors (Lipinski definition) is 7. The van der Waals surface area contributed by atoms with Crippen LogP contribution in [0.4, 0.5) is 18.9 Å². The topological polar surface area (TPSA) is 97.5 Å². The van der Waals surface area contributed by atoms with Gasteiger partial charge in [-0.15, -0.1) is 0 Å². The standard InChI is InChI=1S/C25H27ClF3N7O2/c1-2-15-11-18-21(32-23(15)37)20(27)16(12-30-18)13-34-7-9-35(10-8-34)19-4-3-17(31-22(19)26)24(38)33-36-6-5-25(28,29)14-36/h3-4,11-12H,2,5-10,13-14H2,1H3,(H,32,37)(H,33,38). The molecule has 38 heavy (non-hydrogen) atoms. The van der Waals surface area contributed by atoms with E-state index in [-0.39, 0.29) is 34.9 Å². The van der Waals surface area contributed by atoms with Gasteiger partial charge >= 0.3 is 0 Å². The Balaban J connectivity index is 1.20. The number of hydrazine groups is 1. The number of piperazine rings is 1. The molecule has 2 fully saturated rings. The quantitative estimate of drug-likeness (QED) is 0.456. The number of rotatable bonds is 6. The molecule has 0 spiro atoms. The third kappa shape index (κ3) is 5.47. The van der Waals surface area contributed by atoms with Gasteiger partial charge in [0.1, 0.15) is 11.2 Å². The molecule has 5 rings (SSSR count). The Hall–Kier alpha value is -3.22. The van der Waals surface area contributed by atoms with Crippen LogP contribution in [-0.4, -0.2) is 76.0 Å². The van der Waals surface area contributed by atoms with E-state index in [2.05, 4.69) is 25.3 Å². The number of H-pyrrole nitrogens is 1. The molecular weight excluding hydrogens is 523 g/mol. The number of carbonyl (C=O) groups excluding carboxylic acids is 1. The Morgan fingerprint density at radius 2 is 1.95 bits per heavy atom. The predicted octanol–water partition coefficient (Wildman–Crippen LogP) is 2.98. The number of alkyl halides is 2. The Morgan fingerprint density at radius 1 is 1.18 bits per heavy atom. The van der Waals surface area contributed by atoms with Crippen LogP contribution in [0.3, 0.4) is 0 Å². The number of pyridine rings is 3. The molecule has 0 aliphatic carbocycles. The van der Waals surface area contributed by atoms with E-state index in [0.29, 0.717) is 61.5 Å². The van der Waals surface area contributed by atoms with Gasteiger partial charge in [0.15, 0.2) is 11.0 Å². The highest BCUT2D eigenvalue weighted by Crippen LogP contribution is 2.27. The van der Waals surface area contributed by atoms with Crippen molar-refractivity contribution in [3.05, 3.63) is 62.5 Å². The first kappa shape index (κ1) is 26.4. The summed E-state index contributed by atoms with van der Waals surface area (Å²) in [7, 11) is 0. The molecule has 2 N–H and O–H groups in total. The summed E-state index contributed by atoms with van der Waals surface area (Å²) in [4.78, 5) is 39.8. The minimum atomic E-state index is -2.82. The van der Waals surface area contributed by atoms with E-state index in [9.17, 15) is 18.4 Å².